The van der Waals surface area contributed by atoms with Crippen LogP contribution in [0.1, 0.15) is 5.56 Å². The number of carbonyl (C=O) groups is 1. The summed E-state index contributed by atoms with van der Waals surface area (Å²) in [5, 5.41) is 0. The van der Waals surface area contributed by atoms with E-state index >= 15 is 0 Å². The number of anilines is 2. The fourth-order valence-electron chi connectivity index (χ4n) is 1.73. The highest BCUT2D eigenvalue weighted by Crippen LogP contribution is 2.20. The average Bonchev–Trinajstić information content (AvgIpc) is 2.41. The monoisotopic (exact) mass is 259 g/mol. The zero-order chi connectivity index (χ0) is 13.8. The Balaban J connectivity index is 2.12. The summed E-state index contributed by atoms with van der Waals surface area (Å²) in [4.78, 5) is 17.5. The second-order valence-electron chi connectivity index (χ2n) is 4.19. The highest BCUT2D eigenvalue weighted by Gasteiger charge is 2.13. The number of pyridine rings is 1. The van der Waals surface area contributed by atoms with Crippen LogP contribution in [0.25, 0.3) is 0 Å². The molecule has 0 bridgehead atoms. The summed E-state index contributed by atoms with van der Waals surface area (Å²) in [5.41, 5.74) is 7.58. The molecule has 1 aromatic heterocycles. The van der Waals surface area contributed by atoms with Crippen LogP contribution in [0.4, 0.5) is 15.8 Å². The molecule has 0 aliphatic rings. The van der Waals surface area contributed by atoms with Crippen LogP contribution in [-0.4, -0.2) is 17.9 Å². The van der Waals surface area contributed by atoms with Gasteiger partial charge in [0.05, 0.1) is 24.0 Å². The van der Waals surface area contributed by atoms with E-state index in [9.17, 15) is 9.18 Å². The van der Waals surface area contributed by atoms with Crippen molar-refractivity contribution in [3.8, 4) is 0 Å². The molecule has 0 saturated heterocycles. The van der Waals surface area contributed by atoms with Gasteiger partial charge in [0.1, 0.15) is 5.82 Å². The van der Waals surface area contributed by atoms with Gasteiger partial charge in [-0.1, -0.05) is 12.1 Å². The third-order valence-electron chi connectivity index (χ3n) is 2.83. The Hall–Kier alpha value is -2.43. The molecule has 0 atom stereocenters. The van der Waals surface area contributed by atoms with Gasteiger partial charge in [-0.25, -0.2) is 4.39 Å². The normalized spacial score (nSPS) is 10.2. The van der Waals surface area contributed by atoms with Crippen molar-refractivity contribution in [3.63, 3.8) is 0 Å². The van der Waals surface area contributed by atoms with Gasteiger partial charge in [0.2, 0.25) is 5.91 Å². The first-order valence-electron chi connectivity index (χ1n) is 5.78. The van der Waals surface area contributed by atoms with E-state index in [4.69, 9.17) is 5.73 Å². The molecule has 1 heterocycles. The summed E-state index contributed by atoms with van der Waals surface area (Å²) in [6.07, 6.45) is 3.27. The Morgan fingerprint density at radius 2 is 2.00 bits per heavy atom. The maximum Gasteiger partial charge on any atom is 0.231 e. The van der Waals surface area contributed by atoms with Gasteiger partial charge in [-0.15, -0.1) is 0 Å². The summed E-state index contributed by atoms with van der Waals surface area (Å²) in [7, 11) is 1.65. The molecule has 0 radical (unpaired) electrons. The Kier molecular flexibility index (Phi) is 3.75. The first-order valence-corrected chi connectivity index (χ1v) is 5.78. The maximum atomic E-state index is 12.8. The van der Waals surface area contributed by atoms with Crippen molar-refractivity contribution in [3.05, 3.63) is 54.1 Å². The molecule has 0 spiro atoms. The molecule has 2 N–H and O–H groups in total. The number of carbonyl (C=O) groups excluding carboxylic acids is 1. The molecule has 2 rings (SSSR count). The van der Waals surface area contributed by atoms with E-state index in [1.54, 1.807) is 31.4 Å². The maximum absolute atomic E-state index is 12.8. The smallest absolute Gasteiger partial charge is 0.231 e. The van der Waals surface area contributed by atoms with Crippen LogP contribution in [0.15, 0.2) is 42.7 Å². The van der Waals surface area contributed by atoms with Crippen LogP contribution in [0.5, 0.6) is 0 Å². The molecule has 98 valence electrons. The van der Waals surface area contributed by atoms with Crippen LogP contribution in [-0.2, 0) is 11.2 Å². The van der Waals surface area contributed by atoms with Crippen molar-refractivity contribution in [2.24, 2.45) is 0 Å². The highest BCUT2D eigenvalue weighted by molar-refractivity contribution is 5.96. The number of likely N-dealkylation sites (N-methyl/N-ethyl adjacent to an activating group) is 1. The predicted octanol–water partition coefficient (Wildman–Crippen LogP) is 2.01. The molecular weight excluding hydrogens is 245 g/mol. The predicted molar refractivity (Wildman–Crippen MR) is 72.2 cm³/mol. The molecule has 0 unspecified atom stereocenters. The van der Waals surface area contributed by atoms with Crippen molar-refractivity contribution < 1.29 is 9.18 Å². The van der Waals surface area contributed by atoms with Crippen molar-refractivity contribution in [2.45, 2.75) is 6.42 Å². The molecular formula is C14H14FN3O. The first-order chi connectivity index (χ1) is 9.08. The lowest BCUT2D eigenvalue weighted by Gasteiger charge is -2.18. The van der Waals surface area contributed by atoms with Crippen LogP contribution in [0.2, 0.25) is 0 Å². The largest absolute Gasteiger partial charge is 0.396 e. The Morgan fingerprint density at radius 1 is 1.32 bits per heavy atom. The van der Waals surface area contributed by atoms with E-state index in [0.29, 0.717) is 11.4 Å². The van der Waals surface area contributed by atoms with Crippen LogP contribution in [0, 0.1) is 5.82 Å². The summed E-state index contributed by atoms with van der Waals surface area (Å²) in [6, 6.07) is 7.54. The lowest BCUT2D eigenvalue weighted by Crippen LogP contribution is -2.28. The SMILES string of the molecule is CN(C(=O)Cc1ccc(F)cc1)c1ccncc1N. The van der Waals surface area contributed by atoms with Crippen molar-refractivity contribution in [1.82, 2.24) is 4.98 Å². The summed E-state index contributed by atoms with van der Waals surface area (Å²) in [6.45, 7) is 0. The van der Waals surface area contributed by atoms with E-state index in [2.05, 4.69) is 4.98 Å². The number of nitrogens with zero attached hydrogens (tertiary/aromatic N) is 2. The average molecular weight is 259 g/mol. The van der Waals surface area contributed by atoms with Gasteiger partial charge in [0.15, 0.2) is 0 Å². The van der Waals surface area contributed by atoms with E-state index in [1.165, 1.54) is 23.2 Å². The minimum atomic E-state index is -0.317. The first kappa shape index (κ1) is 13.0. The van der Waals surface area contributed by atoms with Gasteiger partial charge >= 0.3 is 0 Å². The molecule has 19 heavy (non-hydrogen) atoms. The number of aromatic nitrogens is 1. The molecule has 0 aliphatic carbocycles. The molecule has 0 aliphatic heterocycles. The van der Waals surface area contributed by atoms with Crippen LogP contribution in [0.3, 0.4) is 0 Å². The number of amides is 1. The van der Waals surface area contributed by atoms with Gasteiger partial charge in [-0.05, 0) is 23.8 Å². The van der Waals surface area contributed by atoms with E-state index in [1.807, 2.05) is 0 Å². The van der Waals surface area contributed by atoms with Gasteiger partial charge in [0.25, 0.3) is 0 Å². The minimum absolute atomic E-state index is 0.121. The third-order valence-corrected chi connectivity index (χ3v) is 2.83. The van der Waals surface area contributed by atoms with E-state index < -0.39 is 0 Å². The molecule has 4 nitrogen and oxygen atoms in total. The van der Waals surface area contributed by atoms with Gasteiger partial charge in [-0.2, -0.15) is 0 Å². The summed E-state index contributed by atoms with van der Waals surface area (Å²) in [5.74, 6) is -0.438. The minimum Gasteiger partial charge on any atom is -0.396 e. The molecule has 0 saturated carbocycles. The fourth-order valence-corrected chi connectivity index (χ4v) is 1.73. The Morgan fingerprint density at radius 3 is 2.63 bits per heavy atom. The van der Waals surface area contributed by atoms with Gasteiger partial charge < -0.3 is 10.6 Å². The molecule has 5 heteroatoms. The lowest BCUT2D eigenvalue weighted by atomic mass is 10.1. The quantitative estimate of drug-likeness (QED) is 0.917. The molecule has 1 amide bonds. The topological polar surface area (TPSA) is 59.2 Å². The number of rotatable bonds is 3. The lowest BCUT2D eigenvalue weighted by molar-refractivity contribution is -0.117. The van der Waals surface area contributed by atoms with E-state index in [0.717, 1.165) is 5.56 Å². The molecule has 2 aromatic rings. The van der Waals surface area contributed by atoms with Gasteiger partial charge in [0, 0.05) is 13.2 Å². The number of nitrogen functional groups attached to an aromatic ring is 1. The van der Waals surface area contributed by atoms with Crippen molar-refractivity contribution in [2.75, 3.05) is 17.7 Å². The van der Waals surface area contributed by atoms with Crippen LogP contribution < -0.4 is 10.6 Å². The van der Waals surface area contributed by atoms with Crippen molar-refractivity contribution >= 4 is 17.3 Å². The number of hydrogen-bond acceptors (Lipinski definition) is 3. The second-order valence-corrected chi connectivity index (χ2v) is 4.19. The fraction of sp³-hybridized carbons (Fsp3) is 0.143. The zero-order valence-electron chi connectivity index (χ0n) is 10.5. The molecule has 1 aromatic carbocycles. The highest BCUT2D eigenvalue weighted by atomic mass is 19.1. The van der Waals surface area contributed by atoms with Gasteiger partial charge in [-0.3, -0.25) is 9.78 Å². The third kappa shape index (κ3) is 3.07. The summed E-state index contributed by atoms with van der Waals surface area (Å²) >= 11 is 0. The van der Waals surface area contributed by atoms with Crippen LogP contribution >= 0.6 is 0 Å². The Bertz CT molecular complexity index is 583. The number of hydrogen-bond donors (Lipinski definition) is 1. The Labute approximate surface area is 110 Å². The zero-order valence-corrected chi connectivity index (χ0v) is 10.5. The second kappa shape index (κ2) is 5.48. The van der Waals surface area contributed by atoms with Crippen molar-refractivity contribution in [1.29, 1.82) is 0 Å². The number of benzene rings is 1. The standard InChI is InChI=1S/C14H14FN3O/c1-18(13-6-7-17-9-12(13)16)14(19)8-10-2-4-11(15)5-3-10/h2-7,9H,8,16H2,1H3. The molecule has 0 fully saturated rings. The van der Waals surface area contributed by atoms with E-state index in [-0.39, 0.29) is 18.1 Å². The summed E-state index contributed by atoms with van der Waals surface area (Å²) < 4.78 is 12.8. The number of nitrogens with two attached hydrogens (primary N) is 1. The number of halogens is 1.